The molecule has 1 rings (SSSR count). The van der Waals surface area contributed by atoms with Gasteiger partial charge in [0.05, 0.1) is 0 Å². The van der Waals surface area contributed by atoms with Gasteiger partial charge in [0.2, 0.25) is 0 Å². The molecule has 0 aromatic heterocycles. The molecule has 0 N–H and O–H groups in total. The zero-order valence-corrected chi connectivity index (χ0v) is 9.38. The average molecular weight is 209 g/mol. The number of carbonyl (C=O) groups is 1. The van der Waals surface area contributed by atoms with Gasteiger partial charge in [-0.05, 0) is 30.2 Å². The molecule has 0 saturated carbocycles. The summed E-state index contributed by atoms with van der Waals surface area (Å²) in [5.41, 5.74) is 1.30. The summed E-state index contributed by atoms with van der Waals surface area (Å²) < 4.78 is 13.2. The smallest absolute Gasteiger partial charge is 0.253 e. The number of aryl methyl sites for hydroxylation is 1. The van der Waals surface area contributed by atoms with Crippen molar-refractivity contribution in [3.05, 3.63) is 35.1 Å². The molecule has 1 aromatic carbocycles. The lowest BCUT2D eigenvalue weighted by Crippen LogP contribution is -2.21. The lowest BCUT2D eigenvalue weighted by atomic mass is 10.1. The second-order valence-corrected chi connectivity index (χ2v) is 3.80. The van der Waals surface area contributed by atoms with E-state index in [0.717, 1.165) is 18.4 Å². The van der Waals surface area contributed by atoms with Crippen molar-refractivity contribution in [2.24, 2.45) is 0 Å². The second-order valence-electron chi connectivity index (χ2n) is 3.80. The monoisotopic (exact) mass is 209 g/mol. The van der Waals surface area contributed by atoms with E-state index in [2.05, 4.69) is 0 Å². The van der Waals surface area contributed by atoms with Gasteiger partial charge in [0, 0.05) is 19.7 Å². The van der Waals surface area contributed by atoms with Crippen LogP contribution >= 0.6 is 0 Å². The van der Waals surface area contributed by atoms with E-state index in [1.165, 1.54) is 17.0 Å². The van der Waals surface area contributed by atoms with Gasteiger partial charge in [-0.15, -0.1) is 0 Å². The summed E-state index contributed by atoms with van der Waals surface area (Å²) in [5.74, 6) is -0.502. The van der Waals surface area contributed by atoms with Crippen molar-refractivity contribution < 1.29 is 9.18 Å². The van der Waals surface area contributed by atoms with E-state index in [1.54, 1.807) is 20.2 Å². The summed E-state index contributed by atoms with van der Waals surface area (Å²) in [6.45, 7) is 2.03. The Bertz CT molecular complexity index is 361. The molecular weight excluding hydrogens is 193 g/mol. The fraction of sp³-hybridized carbons (Fsp3) is 0.417. The van der Waals surface area contributed by atoms with Crippen LogP contribution in [0, 0.1) is 5.82 Å². The molecule has 0 heterocycles. The van der Waals surface area contributed by atoms with E-state index < -0.39 is 0 Å². The molecule has 0 radical (unpaired) electrons. The summed E-state index contributed by atoms with van der Waals surface area (Å²) in [7, 11) is 3.32. The lowest BCUT2D eigenvalue weighted by Gasteiger charge is -2.11. The lowest BCUT2D eigenvalue weighted by molar-refractivity contribution is 0.0827. The van der Waals surface area contributed by atoms with Gasteiger partial charge < -0.3 is 4.90 Å². The zero-order valence-electron chi connectivity index (χ0n) is 9.38. The average Bonchev–Trinajstić information content (AvgIpc) is 2.16. The Kier molecular flexibility index (Phi) is 3.83. The highest BCUT2D eigenvalue weighted by Gasteiger charge is 2.10. The molecule has 0 atom stereocenters. The van der Waals surface area contributed by atoms with Gasteiger partial charge in [-0.25, -0.2) is 4.39 Å². The number of halogens is 1. The summed E-state index contributed by atoms with van der Waals surface area (Å²) >= 11 is 0. The first-order valence-corrected chi connectivity index (χ1v) is 5.05. The maximum absolute atomic E-state index is 13.2. The molecule has 2 nitrogen and oxygen atoms in total. The van der Waals surface area contributed by atoms with Crippen LogP contribution in [0.25, 0.3) is 0 Å². The van der Waals surface area contributed by atoms with Crippen LogP contribution in [-0.4, -0.2) is 24.9 Å². The topological polar surface area (TPSA) is 20.3 Å². The molecule has 0 aliphatic heterocycles. The van der Waals surface area contributed by atoms with Crippen LogP contribution in [0.1, 0.15) is 29.3 Å². The number of hydrogen-bond acceptors (Lipinski definition) is 1. The normalized spacial score (nSPS) is 10.1. The fourth-order valence-corrected chi connectivity index (χ4v) is 1.47. The van der Waals surface area contributed by atoms with E-state index in [-0.39, 0.29) is 11.7 Å². The number of hydrogen-bond donors (Lipinski definition) is 0. The van der Waals surface area contributed by atoms with Gasteiger partial charge in [-0.3, -0.25) is 4.79 Å². The van der Waals surface area contributed by atoms with Crippen LogP contribution in [0.4, 0.5) is 4.39 Å². The van der Waals surface area contributed by atoms with Crippen LogP contribution in [-0.2, 0) is 6.42 Å². The highest BCUT2D eigenvalue weighted by Crippen LogP contribution is 2.12. The van der Waals surface area contributed by atoms with Gasteiger partial charge in [0.1, 0.15) is 5.82 Å². The Labute approximate surface area is 89.7 Å². The quantitative estimate of drug-likeness (QED) is 0.749. The van der Waals surface area contributed by atoms with Crippen molar-refractivity contribution >= 4 is 5.91 Å². The molecule has 0 spiro atoms. The molecule has 0 bridgehead atoms. The Morgan fingerprint density at radius 3 is 2.53 bits per heavy atom. The molecule has 1 amide bonds. The van der Waals surface area contributed by atoms with Crippen LogP contribution < -0.4 is 0 Å². The third kappa shape index (κ3) is 3.05. The molecule has 15 heavy (non-hydrogen) atoms. The van der Waals surface area contributed by atoms with Crippen molar-refractivity contribution in [2.75, 3.05) is 14.1 Å². The highest BCUT2D eigenvalue weighted by molar-refractivity contribution is 5.94. The van der Waals surface area contributed by atoms with Crippen LogP contribution in [0.3, 0.4) is 0 Å². The van der Waals surface area contributed by atoms with Gasteiger partial charge in [-0.1, -0.05) is 13.3 Å². The molecule has 0 saturated heterocycles. The zero-order chi connectivity index (χ0) is 11.4. The van der Waals surface area contributed by atoms with Crippen LogP contribution in [0.15, 0.2) is 18.2 Å². The van der Waals surface area contributed by atoms with Crippen molar-refractivity contribution in [1.29, 1.82) is 0 Å². The number of rotatable bonds is 3. The third-order valence-corrected chi connectivity index (χ3v) is 2.15. The van der Waals surface area contributed by atoms with E-state index in [1.807, 2.05) is 6.92 Å². The summed E-state index contributed by atoms with van der Waals surface area (Å²) in [5, 5.41) is 0. The van der Waals surface area contributed by atoms with E-state index in [9.17, 15) is 9.18 Å². The fourth-order valence-electron chi connectivity index (χ4n) is 1.47. The minimum atomic E-state index is -0.342. The minimum Gasteiger partial charge on any atom is -0.345 e. The standard InChI is InChI=1S/C12H16FNO/c1-4-5-9-6-10(8-11(13)7-9)12(15)14(2)3/h6-8H,4-5H2,1-3H3. The van der Waals surface area contributed by atoms with Crippen LogP contribution in [0.5, 0.6) is 0 Å². The molecule has 0 unspecified atom stereocenters. The van der Waals surface area contributed by atoms with E-state index >= 15 is 0 Å². The summed E-state index contributed by atoms with van der Waals surface area (Å²) in [6, 6.07) is 4.52. The maximum Gasteiger partial charge on any atom is 0.253 e. The largest absolute Gasteiger partial charge is 0.345 e. The summed E-state index contributed by atoms with van der Waals surface area (Å²) in [4.78, 5) is 13.1. The number of nitrogens with zero attached hydrogens (tertiary/aromatic N) is 1. The Morgan fingerprint density at radius 2 is 2.00 bits per heavy atom. The minimum absolute atomic E-state index is 0.160. The first-order valence-electron chi connectivity index (χ1n) is 5.05. The van der Waals surface area contributed by atoms with Crippen molar-refractivity contribution in [2.45, 2.75) is 19.8 Å². The Morgan fingerprint density at radius 1 is 1.33 bits per heavy atom. The highest BCUT2D eigenvalue weighted by atomic mass is 19.1. The molecule has 0 aliphatic rings. The molecular formula is C12H16FNO. The first kappa shape index (κ1) is 11.7. The maximum atomic E-state index is 13.2. The first-order chi connectivity index (χ1) is 7.04. The van der Waals surface area contributed by atoms with Crippen molar-refractivity contribution in [3.8, 4) is 0 Å². The SMILES string of the molecule is CCCc1cc(F)cc(C(=O)N(C)C)c1. The third-order valence-electron chi connectivity index (χ3n) is 2.15. The Balaban J connectivity index is 3.03. The molecule has 0 aliphatic carbocycles. The van der Waals surface area contributed by atoms with E-state index in [0.29, 0.717) is 5.56 Å². The van der Waals surface area contributed by atoms with Crippen molar-refractivity contribution in [3.63, 3.8) is 0 Å². The molecule has 82 valence electrons. The predicted molar refractivity (Wildman–Crippen MR) is 58.4 cm³/mol. The number of amides is 1. The van der Waals surface area contributed by atoms with Gasteiger partial charge >= 0.3 is 0 Å². The number of benzene rings is 1. The number of carbonyl (C=O) groups excluding carboxylic acids is 1. The predicted octanol–water partition coefficient (Wildman–Crippen LogP) is 2.48. The second kappa shape index (κ2) is 4.91. The molecule has 3 heteroatoms. The van der Waals surface area contributed by atoms with Gasteiger partial charge in [0.15, 0.2) is 0 Å². The van der Waals surface area contributed by atoms with Gasteiger partial charge in [0.25, 0.3) is 5.91 Å². The van der Waals surface area contributed by atoms with Crippen LogP contribution in [0.2, 0.25) is 0 Å². The summed E-state index contributed by atoms with van der Waals surface area (Å²) in [6.07, 6.45) is 1.74. The van der Waals surface area contributed by atoms with Gasteiger partial charge in [-0.2, -0.15) is 0 Å². The van der Waals surface area contributed by atoms with E-state index in [4.69, 9.17) is 0 Å². The molecule has 0 fully saturated rings. The van der Waals surface area contributed by atoms with Crippen molar-refractivity contribution in [1.82, 2.24) is 4.90 Å². The molecule has 1 aromatic rings. The Hall–Kier alpha value is -1.38.